The molecule has 30 heavy (non-hydrogen) atoms. The van der Waals surface area contributed by atoms with Gasteiger partial charge in [0.15, 0.2) is 0 Å². The molecule has 1 heterocycles. The molecule has 5 nitrogen and oxygen atoms in total. The molecule has 0 spiro atoms. The van der Waals surface area contributed by atoms with E-state index in [4.69, 9.17) is 4.74 Å². The number of amides is 2. The number of fused-ring (bicyclic) bond motifs is 1. The highest BCUT2D eigenvalue weighted by Crippen LogP contribution is 2.42. The molecule has 0 aromatic heterocycles. The minimum absolute atomic E-state index is 0.0163. The first-order chi connectivity index (χ1) is 14.1. The highest BCUT2D eigenvalue weighted by molar-refractivity contribution is 5.78. The molecule has 0 aromatic rings. The van der Waals surface area contributed by atoms with Crippen molar-refractivity contribution in [2.75, 3.05) is 0 Å². The van der Waals surface area contributed by atoms with Crippen molar-refractivity contribution in [3.05, 3.63) is 23.3 Å². The van der Waals surface area contributed by atoms with Gasteiger partial charge in [-0.1, -0.05) is 51.0 Å². The van der Waals surface area contributed by atoms with Gasteiger partial charge in [-0.15, -0.1) is 0 Å². The molecule has 170 valence electrons. The van der Waals surface area contributed by atoms with Crippen LogP contribution in [-0.2, 0) is 14.3 Å². The lowest BCUT2D eigenvalue weighted by atomic mass is 9.84. The van der Waals surface area contributed by atoms with Gasteiger partial charge >= 0.3 is 0 Å². The van der Waals surface area contributed by atoms with Gasteiger partial charge in [0.2, 0.25) is 11.8 Å². The third-order valence-corrected chi connectivity index (χ3v) is 6.64. The molecule has 0 saturated carbocycles. The number of carbonyl (C=O) groups excluding carboxylic acids is 2. The topological polar surface area (TPSA) is 58.4 Å². The van der Waals surface area contributed by atoms with Crippen molar-refractivity contribution in [3.8, 4) is 0 Å². The highest BCUT2D eigenvalue weighted by atomic mass is 16.5. The Morgan fingerprint density at radius 1 is 1.07 bits per heavy atom. The molecular formula is C25H42N2O3. The molecule has 1 N–H and O–H groups in total. The summed E-state index contributed by atoms with van der Waals surface area (Å²) in [6, 6.07) is 1.06. The van der Waals surface area contributed by atoms with Gasteiger partial charge < -0.3 is 15.0 Å². The third kappa shape index (κ3) is 6.19. The van der Waals surface area contributed by atoms with E-state index in [2.05, 4.69) is 59.0 Å². The van der Waals surface area contributed by atoms with E-state index in [1.54, 1.807) is 13.8 Å². The average molecular weight is 419 g/mol. The van der Waals surface area contributed by atoms with Crippen LogP contribution in [-0.4, -0.2) is 47.0 Å². The minimum atomic E-state index is 0.0163. The van der Waals surface area contributed by atoms with Gasteiger partial charge in [0.25, 0.3) is 0 Å². The maximum Gasteiger partial charge on any atom is 0.220 e. The zero-order valence-corrected chi connectivity index (χ0v) is 20.2. The number of hydrogen-bond donors (Lipinski definition) is 1. The van der Waals surface area contributed by atoms with Crippen LogP contribution in [0.5, 0.6) is 0 Å². The molecule has 0 aromatic carbocycles. The summed E-state index contributed by atoms with van der Waals surface area (Å²) < 4.78 is 6.15. The SMILES string of the molecule is CC(=O)N1C2C=C(C)C[C@@H](C)[C@H]21.CCC(CC)O[C@@H]1C=C(C)C[C@@H](C)[C@H]1NC(C)=O. The molecule has 1 saturated heterocycles. The molecule has 0 bridgehead atoms. The first-order valence-electron chi connectivity index (χ1n) is 11.6. The summed E-state index contributed by atoms with van der Waals surface area (Å²) in [5.74, 6) is 1.34. The van der Waals surface area contributed by atoms with Gasteiger partial charge in [0, 0.05) is 13.8 Å². The van der Waals surface area contributed by atoms with Crippen LogP contribution in [0.25, 0.3) is 0 Å². The zero-order valence-electron chi connectivity index (χ0n) is 20.2. The predicted molar refractivity (Wildman–Crippen MR) is 122 cm³/mol. The average Bonchev–Trinajstić information content (AvgIpc) is 3.37. The van der Waals surface area contributed by atoms with Crippen molar-refractivity contribution < 1.29 is 14.3 Å². The van der Waals surface area contributed by atoms with Crippen LogP contribution < -0.4 is 5.32 Å². The Morgan fingerprint density at radius 3 is 2.17 bits per heavy atom. The van der Waals surface area contributed by atoms with E-state index in [0.29, 0.717) is 23.9 Å². The number of nitrogens with one attached hydrogen (secondary N) is 1. The number of ether oxygens (including phenoxy) is 1. The summed E-state index contributed by atoms with van der Waals surface area (Å²) in [5, 5.41) is 3.05. The fourth-order valence-corrected chi connectivity index (χ4v) is 5.16. The Bertz CT molecular complexity index is 680. The second-order valence-corrected chi connectivity index (χ2v) is 9.56. The Hall–Kier alpha value is -1.62. The summed E-state index contributed by atoms with van der Waals surface area (Å²) in [4.78, 5) is 24.4. The standard InChI is InChI=1S/C15H27NO2.C10H15NO/c1-6-13(7-2)18-14-9-10(3)8-11(4)15(14)16-12(5)17;1-6-4-7(2)10-9(5-6)11(10)8(3)12/h9,11,13-15H,6-8H2,1-5H3,(H,16,17);5,7,9-10H,4H2,1-3H3/t11-,14-,15-;7-,9?,10-,11?/m11/s1. The first-order valence-corrected chi connectivity index (χ1v) is 11.6. The highest BCUT2D eigenvalue weighted by Gasteiger charge is 2.52. The first kappa shape index (κ1) is 24.6. The zero-order chi connectivity index (χ0) is 22.6. The molecule has 3 rings (SSSR count). The van der Waals surface area contributed by atoms with Crippen LogP contribution in [0.3, 0.4) is 0 Å². The summed E-state index contributed by atoms with van der Waals surface area (Å²) in [6.45, 7) is 16.2. The molecule has 1 fully saturated rings. The van der Waals surface area contributed by atoms with Gasteiger partial charge in [-0.05, 0) is 51.4 Å². The van der Waals surface area contributed by atoms with E-state index in [1.807, 2.05) is 4.90 Å². The van der Waals surface area contributed by atoms with Crippen LogP contribution >= 0.6 is 0 Å². The second kappa shape index (κ2) is 10.6. The molecule has 3 aliphatic rings. The number of carbonyl (C=O) groups is 2. The largest absolute Gasteiger partial charge is 0.369 e. The number of hydrogen-bond acceptors (Lipinski definition) is 3. The summed E-state index contributed by atoms with van der Waals surface area (Å²) in [5.41, 5.74) is 2.80. The molecular weight excluding hydrogens is 376 g/mol. The quantitative estimate of drug-likeness (QED) is 0.523. The van der Waals surface area contributed by atoms with Gasteiger partial charge in [-0.3, -0.25) is 9.59 Å². The molecule has 2 aliphatic carbocycles. The molecule has 1 unspecified atom stereocenters. The molecule has 5 heteroatoms. The Labute approximate surface area is 183 Å². The summed E-state index contributed by atoms with van der Waals surface area (Å²) in [7, 11) is 0. The van der Waals surface area contributed by atoms with Crippen LogP contribution in [0.1, 0.15) is 81.1 Å². The third-order valence-electron chi connectivity index (χ3n) is 6.64. The molecule has 6 atom stereocenters. The smallest absolute Gasteiger partial charge is 0.220 e. The van der Waals surface area contributed by atoms with E-state index >= 15 is 0 Å². The Kier molecular flexibility index (Phi) is 8.72. The Balaban J connectivity index is 0.000000230. The molecule has 0 radical (unpaired) electrons. The van der Waals surface area contributed by atoms with Crippen molar-refractivity contribution in [1.82, 2.24) is 10.2 Å². The Morgan fingerprint density at radius 2 is 1.63 bits per heavy atom. The number of nitrogens with zero attached hydrogens (tertiary/aromatic N) is 1. The van der Waals surface area contributed by atoms with Gasteiger partial charge in [-0.2, -0.15) is 0 Å². The van der Waals surface area contributed by atoms with Gasteiger partial charge in [0.1, 0.15) is 0 Å². The predicted octanol–water partition coefficient (Wildman–Crippen LogP) is 4.62. The summed E-state index contributed by atoms with van der Waals surface area (Å²) >= 11 is 0. The van der Waals surface area contributed by atoms with E-state index in [9.17, 15) is 9.59 Å². The van der Waals surface area contributed by atoms with Crippen molar-refractivity contribution >= 4 is 11.8 Å². The second-order valence-electron chi connectivity index (χ2n) is 9.56. The van der Waals surface area contributed by atoms with Crippen LogP contribution in [0.4, 0.5) is 0 Å². The van der Waals surface area contributed by atoms with E-state index in [0.717, 1.165) is 25.7 Å². The van der Waals surface area contributed by atoms with Crippen LogP contribution in [0, 0.1) is 11.8 Å². The number of rotatable bonds is 5. The fraction of sp³-hybridized carbons (Fsp3) is 0.760. The van der Waals surface area contributed by atoms with Crippen molar-refractivity contribution in [3.63, 3.8) is 0 Å². The molecule has 2 amide bonds. The normalized spacial score (nSPS) is 32.4. The lowest BCUT2D eigenvalue weighted by Gasteiger charge is -2.36. The number of allylic oxidation sites excluding steroid dienone is 2. The summed E-state index contributed by atoms with van der Waals surface area (Å²) in [6.07, 6.45) is 8.94. The van der Waals surface area contributed by atoms with Gasteiger partial charge in [-0.25, -0.2) is 0 Å². The van der Waals surface area contributed by atoms with Crippen molar-refractivity contribution in [2.24, 2.45) is 11.8 Å². The van der Waals surface area contributed by atoms with E-state index < -0.39 is 0 Å². The van der Waals surface area contributed by atoms with Crippen LogP contribution in [0.15, 0.2) is 23.3 Å². The van der Waals surface area contributed by atoms with Gasteiger partial charge in [0.05, 0.1) is 30.3 Å². The maximum atomic E-state index is 11.3. The van der Waals surface area contributed by atoms with Crippen molar-refractivity contribution in [1.29, 1.82) is 0 Å². The van der Waals surface area contributed by atoms with E-state index in [1.165, 1.54) is 11.1 Å². The van der Waals surface area contributed by atoms with Crippen LogP contribution in [0.2, 0.25) is 0 Å². The van der Waals surface area contributed by atoms with E-state index in [-0.39, 0.29) is 30.1 Å². The lowest BCUT2D eigenvalue weighted by molar-refractivity contribution is -0.124. The monoisotopic (exact) mass is 418 g/mol. The maximum absolute atomic E-state index is 11.3. The van der Waals surface area contributed by atoms with Crippen molar-refractivity contribution in [2.45, 2.75) is 111 Å². The fourth-order valence-electron chi connectivity index (χ4n) is 5.16. The molecule has 1 aliphatic heterocycles. The minimum Gasteiger partial charge on any atom is -0.369 e. The lowest BCUT2D eigenvalue weighted by Crippen LogP contribution is -2.49.